The second-order valence-corrected chi connectivity index (χ2v) is 4.57. The molecule has 0 atom stereocenters. The molecule has 1 aromatic heterocycles. The van der Waals surface area contributed by atoms with Crippen molar-refractivity contribution in [2.45, 2.75) is 18.7 Å². The summed E-state index contributed by atoms with van der Waals surface area (Å²) >= 11 is 3.33. The highest BCUT2D eigenvalue weighted by Gasteiger charge is 2.19. The second kappa shape index (κ2) is 6.13. The van der Waals surface area contributed by atoms with Gasteiger partial charge in [0.2, 0.25) is 0 Å². The third kappa shape index (κ3) is 2.58. The number of hydrogen-bond acceptors (Lipinski definition) is 4. The number of rotatable bonds is 4. The van der Waals surface area contributed by atoms with Crippen molar-refractivity contribution < 1.29 is 13.9 Å². The maximum atomic E-state index is 13.4. The van der Waals surface area contributed by atoms with Gasteiger partial charge in [-0.2, -0.15) is 0 Å². The van der Waals surface area contributed by atoms with Crippen LogP contribution < -0.4 is 0 Å². The molecule has 7 heteroatoms. The van der Waals surface area contributed by atoms with Crippen LogP contribution in [0.15, 0.2) is 18.2 Å². The minimum absolute atomic E-state index is 0.143. The standard InChI is InChI=1S/C13H13BrFN3O2/c1-3-11-16-17-12(7-14)18(11)10-5-4-8(15)6-9(10)13(19)20-2/h4-6H,3,7H2,1-2H3. The van der Waals surface area contributed by atoms with Crippen molar-refractivity contribution >= 4 is 21.9 Å². The van der Waals surface area contributed by atoms with Crippen molar-refractivity contribution in [1.82, 2.24) is 14.8 Å². The maximum absolute atomic E-state index is 13.4. The third-order valence-electron chi connectivity index (χ3n) is 2.84. The van der Waals surface area contributed by atoms with Crippen LogP contribution in [0.3, 0.4) is 0 Å². The maximum Gasteiger partial charge on any atom is 0.340 e. The van der Waals surface area contributed by atoms with Crippen LogP contribution in [0, 0.1) is 5.82 Å². The van der Waals surface area contributed by atoms with Crippen molar-refractivity contribution in [3.05, 3.63) is 41.2 Å². The summed E-state index contributed by atoms with van der Waals surface area (Å²) in [5, 5.41) is 8.59. The first-order valence-electron chi connectivity index (χ1n) is 5.99. The summed E-state index contributed by atoms with van der Waals surface area (Å²) in [7, 11) is 1.26. The molecular formula is C13H13BrFN3O2. The van der Waals surface area contributed by atoms with Crippen molar-refractivity contribution in [2.24, 2.45) is 0 Å². The summed E-state index contributed by atoms with van der Waals surface area (Å²) < 4.78 is 19.8. The van der Waals surface area contributed by atoms with Crippen LogP contribution in [0.2, 0.25) is 0 Å². The summed E-state index contributed by atoms with van der Waals surface area (Å²) in [5.41, 5.74) is 0.652. The molecule has 0 aliphatic heterocycles. The van der Waals surface area contributed by atoms with Gasteiger partial charge in [-0.3, -0.25) is 4.57 Å². The molecule has 0 saturated carbocycles. The largest absolute Gasteiger partial charge is 0.465 e. The van der Waals surface area contributed by atoms with E-state index in [2.05, 4.69) is 26.1 Å². The number of halogens is 2. The first-order chi connectivity index (χ1) is 9.62. The number of carbonyl (C=O) groups excluding carboxylic acids is 1. The average Bonchev–Trinajstić information content (AvgIpc) is 2.89. The van der Waals surface area contributed by atoms with E-state index in [-0.39, 0.29) is 5.56 Å². The Labute approximate surface area is 123 Å². The number of aromatic nitrogens is 3. The Morgan fingerprint density at radius 1 is 1.40 bits per heavy atom. The Kier molecular flexibility index (Phi) is 4.49. The van der Waals surface area contributed by atoms with Crippen molar-refractivity contribution in [3.8, 4) is 5.69 Å². The molecule has 2 aromatic rings. The van der Waals surface area contributed by atoms with E-state index in [1.165, 1.54) is 19.2 Å². The lowest BCUT2D eigenvalue weighted by atomic mass is 10.1. The van der Waals surface area contributed by atoms with Crippen LogP contribution in [0.5, 0.6) is 0 Å². The number of carbonyl (C=O) groups is 1. The molecule has 20 heavy (non-hydrogen) atoms. The molecule has 0 N–H and O–H groups in total. The number of benzene rings is 1. The van der Waals surface area contributed by atoms with E-state index in [0.29, 0.717) is 29.1 Å². The van der Waals surface area contributed by atoms with Crippen molar-refractivity contribution in [3.63, 3.8) is 0 Å². The molecular weight excluding hydrogens is 329 g/mol. The Morgan fingerprint density at radius 2 is 2.10 bits per heavy atom. The SMILES string of the molecule is CCc1nnc(CBr)n1-c1ccc(F)cc1C(=O)OC. The Balaban J connectivity index is 2.69. The molecule has 0 aliphatic rings. The molecule has 0 bridgehead atoms. The summed E-state index contributed by atoms with van der Waals surface area (Å²) in [4.78, 5) is 11.8. The highest BCUT2D eigenvalue weighted by molar-refractivity contribution is 9.08. The molecule has 0 aliphatic carbocycles. The predicted octanol–water partition coefficient (Wildman–Crippen LogP) is 2.65. The molecule has 0 fully saturated rings. The van der Waals surface area contributed by atoms with Gasteiger partial charge >= 0.3 is 5.97 Å². The molecule has 2 rings (SSSR count). The number of alkyl halides is 1. The lowest BCUT2D eigenvalue weighted by Crippen LogP contribution is -2.12. The zero-order chi connectivity index (χ0) is 14.7. The average molecular weight is 342 g/mol. The molecule has 0 unspecified atom stereocenters. The molecule has 1 heterocycles. The number of ether oxygens (including phenoxy) is 1. The van der Waals surface area contributed by atoms with E-state index < -0.39 is 11.8 Å². The molecule has 0 amide bonds. The number of nitrogens with zero attached hydrogens (tertiary/aromatic N) is 3. The predicted molar refractivity (Wildman–Crippen MR) is 74.7 cm³/mol. The van der Waals surface area contributed by atoms with E-state index in [0.717, 1.165) is 6.07 Å². The zero-order valence-electron chi connectivity index (χ0n) is 11.1. The number of esters is 1. The normalized spacial score (nSPS) is 10.6. The molecule has 0 spiro atoms. The van der Waals surface area contributed by atoms with Crippen LogP contribution >= 0.6 is 15.9 Å². The third-order valence-corrected chi connectivity index (χ3v) is 3.34. The smallest absolute Gasteiger partial charge is 0.340 e. The Morgan fingerprint density at radius 3 is 2.70 bits per heavy atom. The molecule has 0 radical (unpaired) electrons. The highest BCUT2D eigenvalue weighted by atomic mass is 79.9. The van der Waals surface area contributed by atoms with Crippen LogP contribution in [0.1, 0.15) is 28.9 Å². The minimum atomic E-state index is -0.601. The monoisotopic (exact) mass is 341 g/mol. The number of methoxy groups -OCH3 is 1. The van der Waals surface area contributed by atoms with Gasteiger partial charge in [0, 0.05) is 6.42 Å². The lowest BCUT2D eigenvalue weighted by molar-refractivity contribution is 0.0600. The van der Waals surface area contributed by atoms with Gasteiger partial charge in [-0.15, -0.1) is 10.2 Å². The van der Waals surface area contributed by atoms with Crippen LogP contribution in [-0.2, 0) is 16.5 Å². The molecule has 0 saturated heterocycles. The lowest BCUT2D eigenvalue weighted by Gasteiger charge is -2.12. The van der Waals surface area contributed by atoms with E-state index in [9.17, 15) is 9.18 Å². The Bertz CT molecular complexity index is 621. The summed E-state index contributed by atoms with van der Waals surface area (Å²) in [6.45, 7) is 1.93. The van der Waals surface area contributed by atoms with Gasteiger partial charge in [-0.1, -0.05) is 22.9 Å². The van der Waals surface area contributed by atoms with Crippen LogP contribution in [-0.4, -0.2) is 27.8 Å². The quantitative estimate of drug-likeness (QED) is 0.633. The molecule has 1 aromatic carbocycles. The topological polar surface area (TPSA) is 57.0 Å². The van der Waals surface area contributed by atoms with E-state index in [4.69, 9.17) is 4.74 Å². The van der Waals surface area contributed by atoms with Crippen molar-refractivity contribution in [1.29, 1.82) is 0 Å². The van der Waals surface area contributed by atoms with Crippen molar-refractivity contribution in [2.75, 3.05) is 7.11 Å². The molecule has 5 nitrogen and oxygen atoms in total. The molecule has 106 valence electrons. The van der Waals surface area contributed by atoms with Crippen LogP contribution in [0.25, 0.3) is 5.69 Å². The van der Waals surface area contributed by atoms with Gasteiger partial charge in [-0.05, 0) is 18.2 Å². The van der Waals surface area contributed by atoms with Gasteiger partial charge in [0.15, 0.2) is 0 Å². The second-order valence-electron chi connectivity index (χ2n) is 4.01. The van der Waals surface area contributed by atoms with Gasteiger partial charge in [-0.25, -0.2) is 9.18 Å². The first-order valence-corrected chi connectivity index (χ1v) is 7.11. The minimum Gasteiger partial charge on any atom is -0.465 e. The summed E-state index contributed by atoms with van der Waals surface area (Å²) in [5.74, 6) is 0.228. The van der Waals surface area contributed by atoms with E-state index in [1.807, 2.05) is 6.92 Å². The zero-order valence-corrected chi connectivity index (χ0v) is 12.6. The van der Waals surface area contributed by atoms with Gasteiger partial charge in [0.05, 0.1) is 23.7 Å². The number of hydrogen-bond donors (Lipinski definition) is 0. The van der Waals surface area contributed by atoms with E-state index in [1.54, 1.807) is 4.57 Å². The fourth-order valence-corrected chi connectivity index (χ4v) is 2.29. The van der Waals surface area contributed by atoms with Gasteiger partial charge in [0.25, 0.3) is 0 Å². The summed E-state index contributed by atoms with van der Waals surface area (Å²) in [6, 6.07) is 3.97. The fourth-order valence-electron chi connectivity index (χ4n) is 1.92. The van der Waals surface area contributed by atoms with Gasteiger partial charge in [0.1, 0.15) is 17.5 Å². The fraction of sp³-hybridized carbons (Fsp3) is 0.308. The summed E-state index contributed by atoms with van der Waals surface area (Å²) in [6.07, 6.45) is 0.637. The number of aryl methyl sites for hydroxylation is 1. The van der Waals surface area contributed by atoms with Gasteiger partial charge < -0.3 is 4.74 Å². The van der Waals surface area contributed by atoms with E-state index >= 15 is 0 Å². The van der Waals surface area contributed by atoms with Crippen LogP contribution in [0.4, 0.5) is 4.39 Å². The Hall–Kier alpha value is -1.76. The first kappa shape index (κ1) is 14.6. The highest BCUT2D eigenvalue weighted by Crippen LogP contribution is 2.21.